The molecular formula is C10H15N3O2. The Labute approximate surface area is 88.5 Å². The molecular weight excluding hydrogens is 194 g/mol. The van der Waals surface area contributed by atoms with Crippen LogP contribution in [0.2, 0.25) is 0 Å². The molecule has 1 aromatic rings. The highest BCUT2D eigenvalue weighted by molar-refractivity contribution is 5.80. The zero-order valence-corrected chi connectivity index (χ0v) is 9.06. The van der Waals surface area contributed by atoms with E-state index in [0.29, 0.717) is 37.7 Å². The average Bonchev–Trinajstić information content (AvgIpc) is 2.68. The van der Waals surface area contributed by atoms with Crippen LogP contribution in [0.5, 0.6) is 0 Å². The van der Waals surface area contributed by atoms with E-state index in [-0.39, 0.29) is 5.92 Å². The summed E-state index contributed by atoms with van der Waals surface area (Å²) in [6.07, 6.45) is 1.17. The van der Waals surface area contributed by atoms with Crippen molar-refractivity contribution >= 4 is 11.8 Å². The summed E-state index contributed by atoms with van der Waals surface area (Å²) in [6.45, 7) is 5.43. The maximum Gasteiger partial charge on any atom is 0.324 e. The molecule has 0 amide bonds. The SMILES string of the molecule is CC(C)c1noc(N2CCC(=O)CC2)n1. The van der Waals surface area contributed by atoms with Crippen molar-refractivity contribution in [2.75, 3.05) is 18.0 Å². The molecule has 0 atom stereocenters. The van der Waals surface area contributed by atoms with E-state index >= 15 is 0 Å². The van der Waals surface area contributed by atoms with Gasteiger partial charge in [0.15, 0.2) is 5.82 Å². The summed E-state index contributed by atoms with van der Waals surface area (Å²) in [4.78, 5) is 17.3. The fourth-order valence-electron chi connectivity index (χ4n) is 1.54. The number of nitrogens with zero attached hydrogens (tertiary/aromatic N) is 3. The summed E-state index contributed by atoms with van der Waals surface area (Å²) in [5.41, 5.74) is 0. The van der Waals surface area contributed by atoms with E-state index in [1.807, 2.05) is 18.7 Å². The van der Waals surface area contributed by atoms with Crippen LogP contribution in [0.1, 0.15) is 38.4 Å². The van der Waals surface area contributed by atoms with Gasteiger partial charge in [-0.05, 0) is 0 Å². The molecule has 0 bridgehead atoms. The van der Waals surface area contributed by atoms with Gasteiger partial charge < -0.3 is 9.42 Å². The van der Waals surface area contributed by atoms with Gasteiger partial charge in [0.05, 0.1) is 0 Å². The van der Waals surface area contributed by atoms with Crippen molar-refractivity contribution in [1.82, 2.24) is 10.1 Å². The molecule has 0 aromatic carbocycles. The Morgan fingerprint density at radius 2 is 2.00 bits per heavy atom. The standard InChI is InChI=1S/C10H15N3O2/c1-7(2)9-11-10(15-12-9)13-5-3-8(14)4-6-13/h7H,3-6H2,1-2H3. The first-order valence-electron chi connectivity index (χ1n) is 5.27. The van der Waals surface area contributed by atoms with Gasteiger partial charge in [-0.3, -0.25) is 4.79 Å². The van der Waals surface area contributed by atoms with E-state index in [0.717, 1.165) is 5.82 Å². The monoisotopic (exact) mass is 209 g/mol. The quantitative estimate of drug-likeness (QED) is 0.736. The summed E-state index contributed by atoms with van der Waals surface area (Å²) < 4.78 is 5.15. The number of hydrogen-bond acceptors (Lipinski definition) is 5. The minimum Gasteiger partial charge on any atom is -0.324 e. The predicted molar refractivity (Wildman–Crippen MR) is 54.8 cm³/mol. The lowest BCUT2D eigenvalue weighted by Gasteiger charge is -2.23. The first-order chi connectivity index (χ1) is 7.16. The van der Waals surface area contributed by atoms with Gasteiger partial charge in [0.1, 0.15) is 5.78 Å². The molecule has 15 heavy (non-hydrogen) atoms. The molecule has 2 heterocycles. The van der Waals surface area contributed by atoms with Gasteiger partial charge in [-0.15, -0.1) is 0 Å². The third kappa shape index (κ3) is 2.16. The normalized spacial score (nSPS) is 17.5. The van der Waals surface area contributed by atoms with Crippen molar-refractivity contribution in [2.24, 2.45) is 0 Å². The number of carbonyl (C=O) groups excluding carboxylic acids is 1. The smallest absolute Gasteiger partial charge is 0.324 e. The second-order valence-corrected chi connectivity index (χ2v) is 4.12. The summed E-state index contributed by atoms with van der Waals surface area (Å²) >= 11 is 0. The number of anilines is 1. The van der Waals surface area contributed by atoms with Crippen LogP contribution < -0.4 is 4.90 Å². The van der Waals surface area contributed by atoms with E-state index in [1.165, 1.54) is 0 Å². The number of ketones is 1. The number of piperidine rings is 1. The lowest BCUT2D eigenvalue weighted by Crippen LogP contribution is -2.33. The zero-order chi connectivity index (χ0) is 10.8. The van der Waals surface area contributed by atoms with Crippen molar-refractivity contribution in [2.45, 2.75) is 32.6 Å². The van der Waals surface area contributed by atoms with Crippen LogP contribution >= 0.6 is 0 Å². The molecule has 1 aliphatic heterocycles. The van der Waals surface area contributed by atoms with Crippen LogP contribution in [0.15, 0.2) is 4.52 Å². The van der Waals surface area contributed by atoms with Gasteiger partial charge in [-0.1, -0.05) is 19.0 Å². The molecule has 0 aliphatic carbocycles. The van der Waals surface area contributed by atoms with Crippen LogP contribution in [0.3, 0.4) is 0 Å². The zero-order valence-electron chi connectivity index (χ0n) is 9.06. The average molecular weight is 209 g/mol. The molecule has 0 unspecified atom stereocenters. The Balaban J connectivity index is 2.06. The minimum atomic E-state index is 0.272. The number of rotatable bonds is 2. The Morgan fingerprint density at radius 3 is 2.53 bits per heavy atom. The Hall–Kier alpha value is -1.39. The van der Waals surface area contributed by atoms with Crippen LogP contribution in [0, 0.1) is 0 Å². The van der Waals surface area contributed by atoms with Crippen molar-refractivity contribution in [1.29, 1.82) is 0 Å². The Kier molecular flexibility index (Phi) is 2.70. The number of aromatic nitrogens is 2. The first kappa shape index (κ1) is 10.1. The van der Waals surface area contributed by atoms with Crippen molar-refractivity contribution in [3.05, 3.63) is 5.82 Å². The van der Waals surface area contributed by atoms with Crippen LogP contribution in [-0.4, -0.2) is 29.0 Å². The van der Waals surface area contributed by atoms with Gasteiger partial charge in [-0.25, -0.2) is 0 Å². The number of carbonyl (C=O) groups is 1. The molecule has 5 heteroatoms. The third-order valence-electron chi connectivity index (χ3n) is 2.54. The Bertz CT molecular complexity index is 349. The van der Waals surface area contributed by atoms with Gasteiger partial charge in [-0.2, -0.15) is 4.98 Å². The van der Waals surface area contributed by atoms with Crippen molar-refractivity contribution in [3.8, 4) is 0 Å². The van der Waals surface area contributed by atoms with E-state index in [9.17, 15) is 4.79 Å². The highest BCUT2D eigenvalue weighted by Crippen LogP contribution is 2.18. The minimum absolute atomic E-state index is 0.272. The maximum atomic E-state index is 11.1. The summed E-state index contributed by atoms with van der Waals surface area (Å²) in [5.74, 6) is 1.31. The van der Waals surface area contributed by atoms with Gasteiger partial charge in [0.25, 0.3) is 0 Å². The van der Waals surface area contributed by atoms with Crippen molar-refractivity contribution < 1.29 is 9.32 Å². The highest BCUT2D eigenvalue weighted by atomic mass is 16.5. The molecule has 1 saturated heterocycles. The fourth-order valence-corrected chi connectivity index (χ4v) is 1.54. The molecule has 0 saturated carbocycles. The molecule has 0 radical (unpaired) electrons. The van der Waals surface area contributed by atoms with Gasteiger partial charge in [0, 0.05) is 31.8 Å². The molecule has 5 nitrogen and oxygen atoms in total. The molecule has 0 N–H and O–H groups in total. The lowest BCUT2D eigenvalue weighted by atomic mass is 10.1. The summed E-state index contributed by atoms with van der Waals surface area (Å²) in [6, 6.07) is 0.547. The fraction of sp³-hybridized carbons (Fsp3) is 0.700. The van der Waals surface area contributed by atoms with Crippen LogP contribution in [-0.2, 0) is 4.79 Å². The van der Waals surface area contributed by atoms with Crippen molar-refractivity contribution in [3.63, 3.8) is 0 Å². The van der Waals surface area contributed by atoms with Gasteiger partial charge >= 0.3 is 6.01 Å². The molecule has 0 spiro atoms. The summed E-state index contributed by atoms with van der Waals surface area (Å²) in [7, 11) is 0. The molecule has 2 rings (SSSR count). The topological polar surface area (TPSA) is 59.2 Å². The van der Waals surface area contributed by atoms with E-state index < -0.39 is 0 Å². The second-order valence-electron chi connectivity index (χ2n) is 4.12. The number of hydrogen-bond donors (Lipinski definition) is 0. The maximum absolute atomic E-state index is 11.1. The third-order valence-corrected chi connectivity index (χ3v) is 2.54. The first-order valence-corrected chi connectivity index (χ1v) is 5.27. The highest BCUT2D eigenvalue weighted by Gasteiger charge is 2.21. The van der Waals surface area contributed by atoms with E-state index in [2.05, 4.69) is 10.1 Å². The van der Waals surface area contributed by atoms with E-state index in [1.54, 1.807) is 0 Å². The van der Waals surface area contributed by atoms with E-state index in [4.69, 9.17) is 4.52 Å². The Morgan fingerprint density at radius 1 is 1.33 bits per heavy atom. The number of Topliss-reactive ketones (excluding diaryl/α,β-unsaturated/α-hetero) is 1. The van der Waals surface area contributed by atoms with Gasteiger partial charge in [0.2, 0.25) is 0 Å². The van der Waals surface area contributed by atoms with Crippen LogP contribution in [0.25, 0.3) is 0 Å². The lowest BCUT2D eigenvalue weighted by molar-refractivity contribution is -0.119. The predicted octanol–water partition coefficient (Wildman–Crippen LogP) is 1.36. The largest absolute Gasteiger partial charge is 0.324 e. The molecule has 82 valence electrons. The second kappa shape index (κ2) is 4.00. The van der Waals surface area contributed by atoms with Crippen LogP contribution in [0.4, 0.5) is 6.01 Å². The summed E-state index contributed by atoms with van der Waals surface area (Å²) in [5, 5.41) is 3.90. The molecule has 1 aromatic heterocycles. The molecule has 1 aliphatic rings. The molecule has 1 fully saturated rings.